The molecule has 0 saturated carbocycles. The minimum Gasteiger partial charge on any atom is -0.493 e. The Morgan fingerprint density at radius 3 is 2.67 bits per heavy atom. The first kappa shape index (κ1) is 19.4. The molecule has 0 radical (unpaired) electrons. The van der Waals surface area contributed by atoms with Crippen molar-refractivity contribution < 1.29 is 14.0 Å². The molecule has 8 heteroatoms. The van der Waals surface area contributed by atoms with Crippen molar-refractivity contribution in [1.82, 2.24) is 10.1 Å². The predicted molar refractivity (Wildman–Crippen MR) is 108 cm³/mol. The van der Waals surface area contributed by atoms with Crippen molar-refractivity contribution in [1.29, 1.82) is 0 Å². The molecule has 3 rings (SSSR count). The van der Waals surface area contributed by atoms with Gasteiger partial charge in [-0.3, -0.25) is 0 Å². The second kappa shape index (κ2) is 9.01. The summed E-state index contributed by atoms with van der Waals surface area (Å²) < 4.78 is 15.9. The Balaban J connectivity index is 1.75. The zero-order chi connectivity index (χ0) is 19.2. The lowest BCUT2D eigenvalue weighted by Crippen LogP contribution is -2.01. The summed E-state index contributed by atoms with van der Waals surface area (Å²) in [5.74, 6) is 3.20. The first-order valence-electron chi connectivity index (χ1n) is 8.35. The van der Waals surface area contributed by atoms with Crippen LogP contribution in [0.5, 0.6) is 11.5 Å². The summed E-state index contributed by atoms with van der Waals surface area (Å²) in [6.45, 7) is 2.51. The standard InChI is InChI=1S/C19H20ClN3O3S/c1-4-27-17-8-6-13(20)10-14(17)21-11-18-22-19(23-26-18)12-5-7-15(24-2)16(9-12)25-3/h5-10,21H,4,11H2,1-3H3. The van der Waals surface area contributed by atoms with Gasteiger partial charge in [-0.25, -0.2) is 0 Å². The molecule has 0 aliphatic heterocycles. The van der Waals surface area contributed by atoms with E-state index in [1.54, 1.807) is 26.0 Å². The first-order valence-corrected chi connectivity index (χ1v) is 9.72. The molecular formula is C19H20ClN3O3S. The van der Waals surface area contributed by atoms with E-state index in [0.29, 0.717) is 34.8 Å². The van der Waals surface area contributed by atoms with Crippen molar-refractivity contribution in [2.45, 2.75) is 18.4 Å². The molecule has 0 fully saturated rings. The number of ether oxygens (including phenoxy) is 2. The summed E-state index contributed by atoms with van der Waals surface area (Å²) in [4.78, 5) is 5.57. The van der Waals surface area contributed by atoms with Gasteiger partial charge in [-0.05, 0) is 42.2 Å². The molecule has 0 aliphatic rings. The van der Waals surface area contributed by atoms with Gasteiger partial charge >= 0.3 is 0 Å². The normalized spacial score (nSPS) is 10.7. The van der Waals surface area contributed by atoms with Crippen LogP contribution in [0.15, 0.2) is 45.8 Å². The first-order chi connectivity index (χ1) is 13.1. The predicted octanol–water partition coefficient (Wildman–Crippen LogP) is 5.13. The number of hydrogen-bond acceptors (Lipinski definition) is 7. The van der Waals surface area contributed by atoms with Gasteiger partial charge in [-0.2, -0.15) is 4.98 Å². The average molecular weight is 406 g/mol. The zero-order valence-electron chi connectivity index (χ0n) is 15.3. The molecule has 1 heterocycles. The van der Waals surface area contributed by atoms with Crippen molar-refractivity contribution >= 4 is 29.1 Å². The van der Waals surface area contributed by atoms with Crippen LogP contribution in [0.25, 0.3) is 11.4 Å². The van der Waals surface area contributed by atoms with Crippen LogP contribution in [0.1, 0.15) is 12.8 Å². The topological polar surface area (TPSA) is 69.4 Å². The maximum Gasteiger partial charge on any atom is 0.246 e. The van der Waals surface area contributed by atoms with E-state index in [0.717, 1.165) is 21.9 Å². The number of nitrogens with one attached hydrogen (secondary N) is 1. The smallest absolute Gasteiger partial charge is 0.246 e. The third-order valence-electron chi connectivity index (χ3n) is 3.78. The lowest BCUT2D eigenvalue weighted by atomic mass is 10.2. The van der Waals surface area contributed by atoms with E-state index >= 15 is 0 Å². The number of aromatic nitrogens is 2. The Hall–Kier alpha value is -2.38. The quantitative estimate of drug-likeness (QED) is 0.521. The number of nitrogens with zero attached hydrogens (tertiary/aromatic N) is 2. The van der Waals surface area contributed by atoms with Crippen molar-refractivity contribution in [3.8, 4) is 22.9 Å². The summed E-state index contributed by atoms with van der Waals surface area (Å²) in [6, 6.07) is 11.3. The fraction of sp³-hybridized carbons (Fsp3) is 0.263. The van der Waals surface area contributed by atoms with Gasteiger partial charge < -0.3 is 19.3 Å². The van der Waals surface area contributed by atoms with Crippen LogP contribution in [0, 0.1) is 0 Å². The number of hydrogen-bond donors (Lipinski definition) is 1. The average Bonchev–Trinajstić information content (AvgIpc) is 3.16. The van der Waals surface area contributed by atoms with Gasteiger partial charge in [0.15, 0.2) is 11.5 Å². The second-order valence-corrected chi connectivity index (χ2v) is 7.25. The van der Waals surface area contributed by atoms with Crippen LogP contribution >= 0.6 is 23.4 Å². The molecule has 3 aromatic rings. The maximum atomic E-state index is 6.11. The summed E-state index contributed by atoms with van der Waals surface area (Å²) in [5, 5.41) is 8.04. The number of benzene rings is 2. The number of halogens is 1. The van der Waals surface area contributed by atoms with E-state index in [2.05, 4.69) is 22.4 Å². The molecule has 0 amide bonds. The number of anilines is 1. The SMILES string of the molecule is CCSc1ccc(Cl)cc1NCc1nc(-c2ccc(OC)c(OC)c2)no1. The van der Waals surface area contributed by atoms with Gasteiger partial charge in [0.05, 0.1) is 20.8 Å². The van der Waals surface area contributed by atoms with E-state index in [4.69, 9.17) is 25.6 Å². The number of thioether (sulfide) groups is 1. The second-order valence-electron chi connectivity index (χ2n) is 5.51. The minimum absolute atomic E-state index is 0.401. The van der Waals surface area contributed by atoms with Gasteiger partial charge in [-0.1, -0.05) is 23.7 Å². The molecule has 142 valence electrons. The van der Waals surface area contributed by atoms with Crippen LogP contribution in [0.2, 0.25) is 5.02 Å². The summed E-state index contributed by atoms with van der Waals surface area (Å²) in [5.41, 5.74) is 1.73. The third kappa shape index (κ3) is 4.67. The maximum absolute atomic E-state index is 6.11. The molecule has 0 unspecified atom stereocenters. The highest BCUT2D eigenvalue weighted by Crippen LogP contribution is 2.32. The van der Waals surface area contributed by atoms with E-state index in [-0.39, 0.29) is 0 Å². The lowest BCUT2D eigenvalue weighted by molar-refractivity contribution is 0.355. The Kier molecular flexibility index (Phi) is 6.47. The molecule has 0 spiro atoms. The van der Waals surface area contributed by atoms with Crippen molar-refractivity contribution in [3.63, 3.8) is 0 Å². The monoisotopic (exact) mass is 405 g/mol. The van der Waals surface area contributed by atoms with Crippen LogP contribution in [-0.4, -0.2) is 30.1 Å². The molecule has 0 saturated heterocycles. The molecular weight excluding hydrogens is 386 g/mol. The van der Waals surface area contributed by atoms with Crippen molar-refractivity contribution in [2.75, 3.05) is 25.3 Å². The molecule has 27 heavy (non-hydrogen) atoms. The largest absolute Gasteiger partial charge is 0.493 e. The van der Waals surface area contributed by atoms with Gasteiger partial charge in [0, 0.05) is 21.2 Å². The Bertz CT molecular complexity index is 917. The molecule has 2 aromatic carbocycles. The highest BCUT2D eigenvalue weighted by molar-refractivity contribution is 7.99. The molecule has 1 N–H and O–H groups in total. The fourth-order valence-corrected chi connectivity index (χ4v) is 3.45. The van der Waals surface area contributed by atoms with Gasteiger partial charge in [0.1, 0.15) is 0 Å². The summed E-state index contributed by atoms with van der Waals surface area (Å²) >= 11 is 7.86. The lowest BCUT2D eigenvalue weighted by Gasteiger charge is -2.10. The van der Waals surface area contributed by atoms with Crippen LogP contribution in [0.4, 0.5) is 5.69 Å². The summed E-state index contributed by atoms with van der Waals surface area (Å²) in [6.07, 6.45) is 0. The minimum atomic E-state index is 0.401. The van der Waals surface area contributed by atoms with E-state index in [9.17, 15) is 0 Å². The fourth-order valence-electron chi connectivity index (χ4n) is 2.51. The Morgan fingerprint density at radius 1 is 1.11 bits per heavy atom. The Morgan fingerprint density at radius 2 is 1.93 bits per heavy atom. The van der Waals surface area contributed by atoms with Crippen LogP contribution in [0.3, 0.4) is 0 Å². The van der Waals surface area contributed by atoms with Gasteiger partial charge in [0.2, 0.25) is 11.7 Å². The molecule has 6 nitrogen and oxygen atoms in total. The van der Waals surface area contributed by atoms with Gasteiger partial charge in [-0.15, -0.1) is 11.8 Å². The van der Waals surface area contributed by atoms with Crippen LogP contribution < -0.4 is 14.8 Å². The molecule has 0 atom stereocenters. The molecule has 1 aromatic heterocycles. The van der Waals surface area contributed by atoms with E-state index < -0.39 is 0 Å². The van der Waals surface area contributed by atoms with Crippen molar-refractivity contribution in [2.24, 2.45) is 0 Å². The summed E-state index contributed by atoms with van der Waals surface area (Å²) in [7, 11) is 3.18. The molecule has 0 aliphatic carbocycles. The third-order valence-corrected chi connectivity index (χ3v) is 4.97. The van der Waals surface area contributed by atoms with Crippen molar-refractivity contribution in [3.05, 3.63) is 47.3 Å². The highest BCUT2D eigenvalue weighted by atomic mass is 35.5. The Labute approximate surface area is 167 Å². The van der Waals surface area contributed by atoms with E-state index in [1.807, 2.05) is 36.4 Å². The number of rotatable bonds is 8. The number of methoxy groups -OCH3 is 2. The zero-order valence-corrected chi connectivity index (χ0v) is 16.9. The van der Waals surface area contributed by atoms with Gasteiger partial charge in [0.25, 0.3) is 0 Å². The van der Waals surface area contributed by atoms with Crippen LogP contribution in [-0.2, 0) is 6.54 Å². The highest BCUT2D eigenvalue weighted by Gasteiger charge is 2.13. The molecule has 0 bridgehead atoms. The van der Waals surface area contributed by atoms with E-state index in [1.165, 1.54) is 0 Å².